The van der Waals surface area contributed by atoms with E-state index in [1.807, 2.05) is 0 Å². The van der Waals surface area contributed by atoms with Crippen LogP contribution in [0.2, 0.25) is 0 Å². The molecule has 0 aromatic rings. The van der Waals surface area contributed by atoms with Crippen LogP contribution in [0.3, 0.4) is 0 Å². The maximum atomic E-state index is 11.1. The summed E-state index contributed by atoms with van der Waals surface area (Å²) in [7, 11) is 0. The van der Waals surface area contributed by atoms with E-state index in [0.717, 1.165) is 6.08 Å². The lowest BCUT2D eigenvalue weighted by atomic mass is 10.3. The Morgan fingerprint density at radius 3 is 1.24 bits per heavy atom. The van der Waals surface area contributed by atoms with Crippen molar-refractivity contribution in [2.45, 2.75) is 27.7 Å². The maximum Gasteiger partial charge on any atom is 0.335 e. The van der Waals surface area contributed by atoms with Crippen LogP contribution < -0.4 is 0 Å². The van der Waals surface area contributed by atoms with Crippen molar-refractivity contribution in [3.05, 3.63) is 49.1 Å². The fourth-order valence-electron chi connectivity index (χ4n) is 1.38. The zero-order valence-electron chi connectivity index (χ0n) is 20.0. The van der Waals surface area contributed by atoms with Gasteiger partial charge in [-0.25, -0.2) is 19.2 Å². The second-order valence-corrected chi connectivity index (χ2v) is 5.58. The van der Waals surface area contributed by atoms with Gasteiger partial charge in [0.05, 0.1) is 63.0 Å². The van der Waals surface area contributed by atoms with Gasteiger partial charge in [0.15, 0.2) is 0 Å². The standard InChI is InChI=1S/C12H18O5.C6H10O3.C5H8O2/c1-5-16-11(13)9(3)7-15-8-10(4)12(14)17-6-2;1-3-9-6(8)5(2)4-7;1-3-5(6)7-4-2/h3-8H2,1-2H3;7H,2-4H2,1H3;3H,1,4H2,2H3. The topological polar surface area (TPSA) is 135 Å². The van der Waals surface area contributed by atoms with Crippen molar-refractivity contribution < 1.29 is 48.0 Å². The molecule has 0 saturated heterocycles. The van der Waals surface area contributed by atoms with Gasteiger partial charge in [-0.1, -0.05) is 26.3 Å². The second kappa shape index (κ2) is 23.4. The van der Waals surface area contributed by atoms with E-state index in [4.69, 9.17) is 19.3 Å². The van der Waals surface area contributed by atoms with Gasteiger partial charge in [0.1, 0.15) is 0 Å². The highest BCUT2D eigenvalue weighted by atomic mass is 16.5. The molecule has 0 unspecified atom stereocenters. The summed E-state index contributed by atoms with van der Waals surface area (Å²) in [6, 6.07) is 0. The van der Waals surface area contributed by atoms with Crippen molar-refractivity contribution in [3.63, 3.8) is 0 Å². The molecule has 0 aliphatic carbocycles. The number of aliphatic hydroxyl groups excluding tert-OH is 1. The van der Waals surface area contributed by atoms with E-state index in [0.29, 0.717) is 13.2 Å². The summed E-state index contributed by atoms with van der Waals surface area (Å²) in [6.07, 6.45) is 1.14. The Bertz CT molecular complexity index is 634. The summed E-state index contributed by atoms with van der Waals surface area (Å²) in [4.78, 5) is 42.8. The fraction of sp³-hybridized carbons (Fsp3) is 0.478. The summed E-state index contributed by atoms with van der Waals surface area (Å²) in [6.45, 7) is 21.3. The minimum Gasteiger partial charge on any atom is -0.463 e. The van der Waals surface area contributed by atoms with Gasteiger partial charge in [-0.15, -0.1) is 0 Å². The van der Waals surface area contributed by atoms with Crippen molar-refractivity contribution in [1.82, 2.24) is 0 Å². The highest BCUT2D eigenvalue weighted by molar-refractivity contribution is 5.89. The van der Waals surface area contributed by atoms with E-state index in [2.05, 4.69) is 35.8 Å². The number of hydrogen-bond donors (Lipinski definition) is 1. The summed E-state index contributed by atoms with van der Waals surface area (Å²) < 4.78 is 23.5. The van der Waals surface area contributed by atoms with Crippen molar-refractivity contribution in [2.24, 2.45) is 0 Å². The monoisotopic (exact) mass is 472 g/mol. The Hall–Kier alpha value is -3.24. The maximum absolute atomic E-state index is 11.1. The third-order valence-electron chi connectivity index (χ3n) is 2.89. The predicted molar refractivity (Wildman–Crippen MR) is 122 cm³/mol. The van der Waals surface area contributed by atoms with Crippen molar-refractivity contribution in [1.29, 1.82) is 0 Å². The Balaban J connectivity index is -0.000000469. The molecule has 10 heteroatoms. The number of hydrogen-bond acceptors (Lipinski definition) is 10. The van der Waals surface area contributed by atoms with Crippen LogP contribution in [-0.2, 0) is 42.9 Å². The average Bonchev–Trinajstić information content (AvgIpc) is 2.79. The fourth-order valence-corrected chi connectivity index (χ4v) is 1.38. The summed E-state index contributed by atoms with van der Waals surface area (Å²) in [5.41, 5.74) is 0.490. The van der Waals surface area contributed by atoms with Gasteiger partial charge in [-0.05, 0) is 27.7 Å². The Morgan fingerprint density at radius 1 is 0.667 bits per heavy atom. The van der Waals surface area contributed by atoms with Crippen LogP contribution in [0, 0.1) is 0 Å². The minimum absolute atomic E-state index is 0.00272. The van der Waals surface area contributed by atoms with Crippen molar-refractivity contribution >= 4 is 23.9 Å². The predicted octanol–water partition coefficient (Wildman–Crippen LogP) is 2.08. The van der Waals surface area contributed by atoms with E-state index >= 15 is 0 Å². The number of ether oxygens (including phenoxy) is 5. The zero-order valence-corrected chi connectivity index (χ0v) is 20.0. The van der Waals surface area contributed by atoms with Gasteiger partial charge in [-0.3, -0.25) is 0 Å². The Kier molecular flexibility index (Phi) is 24.4. The molecule has 0 aliphatic heterocycles. The Labute approximate surface area is 195 Å². The molecule has 0 aromatic carbocycles. The number of carbonyl (C=O) groups excluding carboxylic acids is 4. The summed E-state index contributed by atoms with van der Waals surface area (Å²) >= 11 is 0. The minimum atomic E-state index is -0.528. The molecule has 0 fully saturated rings. The molecule has 0 radical (unpaired) electrons. The van der Waals surface area contributed by atoms with Gasteiger partial charge in [-0.2, -0.15) is 0 Å². The van der Waals surface area contributed by atoms with E-state index < -0.39 is 17.9 Å². The average molecular weight is 473 g/mol. The largest absolute Gasteiger partial charge is 0.463 e. The molecule has 0 aromatic heterocycles. The number of aliphatic hydroxyl groups is 1. The number of esters is 4. The quantitative estimate of drug-likeness (QED) is 0.241. The second-order valence-electron chi connectivity index (χ2n) is 5.58. The molecule has 0 bridgehead atoms. The van der Waals surface area contributed by atoms with Gasteiger partial charge in [0.2, 0.25) is 0 Å². The molecule has 0 saturated carbocycles. The van der Waals surface area contributed by atoms with Crippen LogP contribution in [-0.4, -0.2) is 75.2 Å². The van der Waals surface area contributed by atoms with Gasteiger partial charge < -0.3 is 28.8 Å². The first-order chi connectivity index (χ1) is 15.6. The molecule has 0 spiro atoms. The molecule has 0 amide bonds. The van der Waals surface area contributed by atoms with E-state index in [1.165, 1.54) is 0 Å². The zero-order chi connectivity index (χ0) is 26.2. The molecular weight excluding hydrogens is 436 g/mol. The first-order valence-electron chi connectivity index (χ1n) is 10.1. The van der Waals surface area contributed by atoms with Crippen LogP contribution in [0.5, 0.6) is 0 Å². The first-order valence-corrected chi connectivity index (χ1v) is 10.1. The third kappa shape index (κ3) is 21.8. The van der Waals surface area contributed by atoms with Gasteiger partial charge >= 0.3 is 23.9 Å². The lowest BCUT2D eigenvalue weighted by Crippen LogP contribution is -2.15. The molecule has 33 heavy (non-hydrogen) atoms. The molecular formula is C23H36O10. The summed E-state index contributed by atoms with van der Waals surface area (Å²) in [5.74, 6) is -1.90. The Morgan fingerprint density at radius 2 is 1.00 bits per heavy atom. The van der Waals surface area contributed by atoms with Crippen LogP contribution in [0.25, 0.3) is 0 Å². The highest BCUT2D eigenvalue weighted by Gasteiger charge is 2.11. The molecule has 0 atom stereocenters. The molecule has 10 nitrogen and oxygen atoms in total. The van der Waals surface area contributed by atoms with E-state index in [1.54, 1.807) is 27.7 Å². The molecule has 0 heterocycles. The van der Waals surface area contributed by atoms with Crippen LogP contribution >= 0.6 is 0 Å². The number of carbonyl (C=O) groups is 4. The van der Waals surface area contributed by atoms with Crippen LogP contribution in [0.1, 0.15) is 27.7 Å². The third-order valence-corrected chi connectivity index (χ3v) is 2.89. The van der Waals surface area contributed by atoms with Gasteiger partial charge in [0, 0.05) is 6.08 Å². The van der Waals surface area contributed by atoms with Crippen LogP contribution in [0.4, 0.5) is 0 Å². The lowest BCUT2D eigenvalue weighted by Gasteiger charge is -2.08. The molecule has 1 N–H and O–H groups in total. The molecule has 0 aliphatic rings. The molecule has 0 rings (SSSR count). The lowest BCUT2D eigenvalue weighted by molar-refractivity contribution is -0.140. The normalized spacial score (nSPS) is 8.88. The van der Waals surface area contributed by atoms with Crippen molar-refractivity contribution in [2.75, 3.05) is 46.2 Å². The smallest absolute Gasteiger partial charge is 0.335 e. The van der Waals surface area contributed by atoms with E-state index in [-0.39, 0.29) is 55.7 Å². The molecule has 188 valence electrons. The summed E-state index contributed by atoms with van der Waals surface area (Å²) in [5, 5.41) is 8.33. The SMILES string of the molecule is C=C(CO)C(=O)OCC.C=C(COCC(=C)C(=O)OCC)C(=O)OCC.C=CC(=O)OCC. The van der Waals surface area contributed by atoms with Crippen LogP contribution in [0.15, 0.2) is 49.1 Å². The van der Waals surface area contributed by atoms with E-state index in [9.17, 15) is 19.2 Å². The van der Waals surface area contributed by atoms with Crippen molar-refractivity contribution in [3.8, 4) is 0 Å². The number of rotatable bonds is 13. The first kappa shape index (κ1) is 34.4. The van der Waals surface area contributed by atoms with Gasteiger partial charge in [0.25, 0.3) is 0 Å². The highest BCUT2D eigenvalue weighted by Crippen LogP contribution is 2.00.